The summed E-state index contributed by atoms with van der Waals surface area (Å²) in [7, 11) is 1.86. The molecule has 1 aliphatic heterocycles. The highest BCUT2D eigenvalue weighted by Crippen LogP contribution is 2.27. The van der Waals surface area contributed by atoms with E-state index in [1.54, 1.807) is 21.2 Å². The summed E-state index contributed by atoms with van der Waals surface area (Å²) in [5.74, 6) is 0. The predicted octanol–water partition coefficient (Wildman–Crippen LogP) is 2.74. The minimum absolute atomic E-state index is 0.157. The second kappa shape index (κ2) is 6.05. The molecule has 6 nitrogen and oxygen atoms in total. The Bertz CT molecular complexity index is 642. The highest BCUT2D eigenvalue weighted by molar-refractivity contribution is 7.09. The predicted molar refractivity (Wildman–Crippen MR) is 81.8 cm³/mol. The number of anilines is 1. The van der Waals surface area contributed by atoms with E-state index < -0.39 is 0 Å². The van der Waals surface area contributed by atoms with E-state index in [0.29, 0.717) is 30.4 Å². The highest BCUT2D eigenvalue weighted by Gasteiger charge is 2.27. The highest BCUT2D eigenvalue weighted by atomic mass is 35.5. The standard InChI is InChI=1S/C13H15ClN4O2S/c1-17-11(2-3-15-17)12-6-18(4-5-20-12)13(19)16-10-8-21-7-9(10)14/h2-3,7-8,12H,4-6H2,1H3,(H,16,19). The molecule has 1 fully saturated rings. The molecule has 1 atom stereocenters. The third-order valence-corrected chi connectivity index (χ3v) is 4.58. The number of urea groups is 1. The van der Waals surface area contributed by atoms with Crippen LogP contribution in [0.25, 0.3) is 0 Å². The van der Waals surface area contributed by atoms with Gasteiger partial charge in [0.25, 0.3) is 0 Å². The first-order chi connectivity index (χ1) is 10.1. The number of carbonyl (C=O) groups excluding carboxylic acids is 1. The van der Waals surface area contributed by atoms with Gasteiger partial charge in [-0.15, -0.1) is 11.3 Å². The topological polar surface area (TPSA) is 59.4 Å². The van der Waals surface area contributed by atoms with Gasteiger partial charge in [0.1, 0.15) is 6.10 Å². The van der Waals surface area contributed by atoms with E-state index >= 15 is 0 Å². The number of nitrogens with zero attached hydrogens (tertiary/aromatic N) is 3. The lowest BCUT2D eigenvalue weighted by Crippen LogP contribution is -2.44. The zero-order chi connectivity index (χ0) is 14.8. The number of hydrogen-bond donors (Lipinski definition) is 1. The van der Waals surface area contributed by atoms with E-state index in [0.717, 1.165) is 5.69 Å². The second-order valence-electron chi connectivity index (χ2n) is 4.75. The quantitative estimate of drug-likeness (QED) is 0.923. The Morgan fingerprint density at radius 1 is 1.57 bits per heavy atom. The third-order valence-electron chi connectivity index (χ3n) is 3.40. The van der Waals surface area contributed by atoms with Crippen molar-refractivity contribution < 1.29 is 9.53 Å². The first-order valence-electron chi connectivity index (χ1n) is 6.52. The minimum Gasteiger partial charge on any atom is -0.368 e. The molecule has 2 amide bonds. The maximum atomic E-state index is 12.3. The second-order valence-corrected chi connectivity index (χ2v) is 5.90. The summed E-state index contributed by atoms with van der Waals surface area (Å²) in [6.45, 7) is 1.55. The van der Waals surface area contributed by atoms with E-state index in [4.69, 9.17) is 16.3 Å². The molecule has 8 heteroatoms. The molecular weight excluding hydrogens is 312 g/mol. The van der Waals surface area contributed by atoms with Crippen molar-refractivity contribution in [2.45, 2.75) is 6.10 Å². The normalized spacial score (nSPS) is 18.8. The molecule has 0 aromatic carbocycles. The number of halogens is 1. The van der Waals surface area contributed by atoms with Gasteiger partial charge >= 0.3 is 6.03 Å². The van der Waals surface area contributed by atoms with Crippen molar-refractivity contribution in [3.63, 3.8) is 0 Å². The molecule has 0 spiro atoms. The summed E-state index contributed by atoms with van der Waals surface area (Å²) in [5, 5.41) is 11.1. The molecule has 112 valence electrons. The van der Waals surface area contributed by atoms with Crippen molar-refractivity contribution in [3.05, 3.63) is 33.7 Å². The van der Waals surface area contributed by atoms with Crippen LogP contribution in [-0.2, 0) is 11.8 Å². The van der Waals surface area contributed by atoms with Crippen LogP contribution >= 0.6 is 22.9 Å². The number of thiophene rings is 1. The SMILES string of the molecule is Cn1nccc1C1CN(C(=O)Nc2cscc2Cl)CCO1. The number of aromatic nitrogens is 2. The molecule has 21 heavy (non-hydrogen) atoms. The molecule has 3 rings (SSSR count). The van der Waals surface area contributed by atoms with Crippen molar-refractivity contribution in [2.24, 2.45) is 7.05 Å². The molecule has 1 aliphatic rings. The number of rotatable bonds is 2. The Balaban J connectivity index is 1.67. The van der Waals surface area contributed by atoms with Crippen molar-refractivity contribution in [2.75, 3.05) is 25.0 Å². The first-order valence-corrected chi connectivity index (χ1v) is 7.84. The number of ether oxygens (including phenoxy) is 1. The van der Waals surface area contributed by atoms with Gasteiger partial charge in [0.15, 0.2) is 0 Å². The fourth-order valence-electron chi connectivity index (χ4n) is 2.28. The van der Waals surface area contributed by atoms with Gasteiger partial charge in [0, 0.05) is 30.5 Å². The summed E-state index contributed by atoms with van der Waals surface area (Å²) in [5.41, 5.74) is 1.61. The Morgan fingerprint density at radius 3 is 3.10 bits per heavy atom. The molecule has 1 saturated heterocycles. The summed E-state index contributed by atoms with van der Waals surface area (Å²) in [4.78, 5) is 14.0. The number of hydrogen-bond acceptors (Lipinski definition) is 4. The van der Waals surface area contributed by atoms with Crippen LogP contribution in [0.15, 0.2) is 23.0 Å². The van der Waals surface area contributed by atoms with E-state index in [1.807, 2.05) is 18.5 Å². The number of carbonyl (C=O) groups is 1. The van der Waals surface area contributed by atoms with Crippen LogP contribution in [0.3, 0.4) is 0 Å². The lowest BCUT2D eigenvalue weighted by Gasteiger charge is -2.32. The van der Waals surface area contributed by atoms with Crippen LogP contribution in [0.1, 0.15) is 11.8 Å². The number of morpholine rings is 1. The average Bonchev–Trinajstić information content (AvgIpc) is 3.08. The van der Waals surface area contributed by atoms with Gasteiger partial charge in [0.05, 0.1) is 29.6 Å². The summed E-state index contributed by atoms with van der Waals surface area (Å²) in [6.07, 6.45) is 1.57. The molecule has 3 heterocycles. The van der Waals surface area contributed by atoms with Crippen molar-refractivity contribution in [1.82, 2.24) is 14.7 Å². The molecule has 1 unspecified atom stereocenters. The summed E-state index contributed by atoms with van der Waals surface area (Å²) < 4.78 is 7.50. The monoisotopic (exact) mass is 326 g/mol. The molecule has 0 bridgehead atoms. The van der Waals surface area contributed by atoms with Crippen LogP contribution in [0.2, 0.25) is 5.02 Å². The minimum atomic E-state index is -0.161. The zero-order valence-electron chi connectivity index (χ0n) is 11.5. The molecule has 0 saturated carbocycles. The Hall–Kier alpha value is -1.57. The number of amides is 2. The van der Waals surface area contributed by atoms with Crippen molar-refractivity contribution >= 4 is 34.7 Å². The van der Waals surface area contributed by atoms with Crippen LogP contribution in [0.4, 0.5) is 10.5 Å². The van der Waals surface area contributed by atoms with Gasteiger partial charge in [-0.25, -0.2) is 4.79 Å². The van der Waals surface area contributed by atoms with Crippen LogP contribution in [0.5, 0.6) is 0 Å². The maximum absolute atomic E-state index is 12.3. The number of nitrogens with one attached hydrogen (secondary N) is 1. The summed E-state index contributed by atoms with van der Waals surface area (Å²) in [6, 6.07) is 1.74. The number of aryl methyl sites for hydroxylation is 1. The Labute approximate surface area is 131 Å². The van der Waals surface area contributed by atoms with Gasteiger partial charge < -0.3 is 15.0 Å². The molecule has 2 aromatic rings. The third kappa shape index (κ3) is 3.04. The van der Waals surface area contributed by atoms with E-state index in [-0.39, 0.29) is 12.1 Å². The largest absolute Gasteiger partial charge is 0.368 e. The van der Waals surface area contributed by atoms with Gasteiger partial charge in [-0.2, -0.15) is 5.10 Å². The first kappa shape index (κ1) is 14.4. The van der Waals surface area contributed by atoms with E-state index in [9.17, 15) is 4.79 Å². The average molecular weight is 327 g/mol. The van der Waals surface area contributed by atoms with Crippen molar-refractivity contribution in [1.29, 1.82) is 0 Å². The van der Waals surface area contributed by atoms with Crippen LogP contribution in [0, 0.1) is 0 Å². The van der Waals surface area contributed by atoms with Crippen LogP contribution < -0.4 is 5.32 Å². The molecule has 1 N–H and O–H groups in total. The molecule has 0 aliphatic carbocycles. The fraction of sp³-hybridized carbons (Fsp3) is 0.385. The van der Waals surface area contributed by atoms with Crippen molar-refractivity contribution in [3.8, 4) is 0 Å². The smallest absolute Gasteiger partial charge is 0.322 e. The Kier molecular flexibility index (Phi) is 4.14. The molecule has 0 radical (unpaired) electrons. The van der Waals surface area contributed by atoms with Gasteiger partial charge in [-0.1, -0.05) is 11.6 Å². The lowest BCUT2D eigenvalue weighted by atomic mass is 10.2. The lowest BCUT2D eigenvalue weighted by molar-refractivity contribution is -0.0175. The van der Waals surface area contributed by atoms with Gasteiger partial charge in [0.2, 0.25) is 0 Å². The summed E-state index contributed by atoms with van der Waals surface area (Å²) >= 11 is 7.45. The zero-order valence-corrected chi connectivity index (χ0v) is 13.0. The molecular formula is C13H15ClN4O2S. The van der Waals surface area contributed by atoms with Gasteiger partial charge in [-0.05, 0) is 6.07 Å². The fourth-order valence-corrected chi connectivity index (χ4v) is 3.23. The van der Waals surface area contributed by atoms with E-state index in [2.05, 4.69) is 10.4 Å². The van der Waals surface area contributed by atoms with Gasteiger partial charge in [-0.3, -0.25) is 4.68 Å². The van der Waals surface area contributed by atoms with Crippen LogP contribution in [-0.4, -0.2) is 40.4 Å². The molecule has 2 aromatic heterocycles. The van der Waals surface area contributed by atoms with E-state index in [1.165, 1.54) is 11.3 Å². The maximum Gasteiger partial charge on any atom is 0.322 e. The Morgan fingerprint density at radius 2 is 2.43 bits per heavy atom.